The highest BCUT2D eigenvalue weighted by atomic mass is 127. The molecule has 0 unspecified atom stereocenters. The van der Waals surface area contributed by atoms with Gasteiger partial charge in [0.2, 0.25) is 0 Å². The van der Waals surface area contributed by atoms with Gasteiger partial charge >= 0.3 is 0 Å². The molecule has 0 aliphatic heterocycles. The molecule has 1 aromatic carbocycles. The number of rotatable bonds is 2. The van der Waals surface area contributed by atoms with Crippen LogP contribution in [0.5, 0.6) is 0 Å². The van der Waals surface area contributed by atoms with Crippen LogP contribution in [-0.2, 0) is 0 Å². The number of carbonyl (C=O) groups excluding carboxylic acids is 1. The van der Waals surface area contributed by atoms with Gasteiger partial charge in [0, 0.05) is 13.6 Å². The van der Waals surface area contributed by atoms with Crippen LogP contribution in [0.4, 0.5) is 0 Å². The Balaban J connectivity index is 3.33. The molecular weight excluding hydrogens is 366 g/mol. The SMILES string of the molecule is Cc1ccc(I)c(C(=O)CCl)c1Br. The largest absolute Gasteiger partial charge is 0.293 e. The van der Waals surface area contributed by atoms with Gasteiger partial charge in [0.25, 0.3) is 0 Å². The van der Waals surface area contributed by atoms with Crippen LogP contribution in [0.25, 0.3) is 0 Å². The van der Waals surface area contributed by atoms with Gasteiger partial charge in [-0.2, -0.15) is 0 Å². The number of alkyl halides is 1. The van der Waals surface area contributed by atoms with Crippen molar-refractivity contribution in [2.45, 2.75) is 6.92 Å². The van der Waals surface area contributed by atoms with E-state index in [1.807, 2.05) is 19.1 Å². The van der Waals surface area contributed by atoms with Crippen LogP contribution in [-0.4, -0.2) is 11.7 Å². The van der Waals surface area contributed by atoms with Crippen molar-refractivity contribution in [3.05, 3.63) is 31.3 Å². The first kappa shape index (κ1) is 11.5. The van der Waals surface area contributed by atoms with Gasteiger partial charge in [-0.3, -0.25) is 4.79 Å². The van der Waals surface area contributed by atoms with Gasteiger partial charge in [-0.1, -0.05) is 6.07 Å². The second-order valence-corrected chi connectivity index (χ2v) is 4.83. The number of hydrogen-bond acceptors (Lipinski definition) is 1. The number of aryl methyl sites for hydroxylation is 1. The summed E-state index contributed by atoms with van der Waals surface area (Å²) in [5, 5.41) is 0. The molecule has 0 spiro atoms. The number of hydrogen-bond donors (Lipinski definition) is 0. The predicted octanol–water partition coefficient (Wildman–Crippen LogP) is 3.78. The van der Waals surface area contributed by atoms with Crippen molar-refractivity contribution in [2.75, 3.05) is 5.88 Å². The second kappa shape index (κ2) is 4.75. The van der Waals surface area contributed by atoms with E-state index in [0.29, 0.717) is 5.56 Å². The Hall–Kier alpha value is 0.390. The minimum Gasteiger partial charge on any atom is -0.293 e. The van der Waals surface area contributed by atoms with E-state index >= 15 is 0 Å². The third-order valence-corrected chi connectivity index (χ3v) is 3.85. The maximum Gasteiger partial charge on any atom is 0.179 e. The zero-order valence-electron chi connectivity index (χ0n) is 6.90. The Labute approximate surface area is 104 Å². The van der Waals surface area contributed by atoms with E-state index in [1.54, 1.807) is 0 Å². The van der Waals surface area contributed by atoms with Crippen molar-refractivity contribution >= 4 is 55.9 Å². The van der Waals surface area contributed by atoms with E-state index in [2.05, 4.69) is 38.5 Å². The minimum absolute atomic E-state index is 0.0258. The van der Waals surface area contributed by atoms with Gasteiger partial charge in [-0.25, -0.2) is 0 Å². The van der Waals surface area contributed by atoms with Gasteiger partial charge < -0.3 is 0 Å². The van der Waals surface area contributed by atoms with Crippen LogP contribution in [0, 0.1) is 10.5 Å². The molecule has 0 amide bonds. The topological polar surface area (TPSA) is 17.1 Å². The van der Waals surface area contributed by atoms with E-state index in [0.717, 1.165) is 13.6 Å². The zero-order valence-corrected chi connectivity index (χ0v) is 11.4. The van der Waals surface area contributed by atoms with Gasteiger partial charge in [0.05, 0.1) is 5.88 Å². The van der Waals surface area contributed by atoms with E-state index in [-0.39, 0.29) is 11.7 Å². The fourth-order valence-corrected chi connectivity index (χ4v) is 2.80. The van der Waals surface area contributed by atoms with Crippen molar-refractivity contribution in [1.29, 1.82) is 0 Å². The van der Waals surface area contributed by atoms with Crippen LogP contribution in [0.3, 0.4) is 0 Å². The third-order valence-electron chi connectivity index (χ3n) is 1.68. The van der Waals surface area contributed by atoms with E-state index in [9.17, 15) is 4.79 Å². The molecule has 1 nitrogen and oxygen atoms in total. The number of benzene rings is 1. The summed E-state index contributed by atoms with van der Waals surface area (Å²) < 4.78 is 1.78. The van der Waals surface area contributed by atoms with Gasteiger partial charge in [0.15, 0.2) is 5.78 Å². The molecule has 0 N–H and O–H groups in total. The normalized spacial score (nSPS) is 10.2. The lowest BCUT2D eigenvalue weighted by atomic mass is 10.1. The first-order chi connectivity index (χ1) is 6.07. The molecule has 0 saturated carbocycles. The molecule has 0 aliphatic rings. The summed E-state index contributed by atoms with van der Waals surface area (Å²) in [7, 11) is 0. The fourth-order valence-electron chi connectivity index (χ4n) is 0.979. The second-order valence-electron chi connectivity index (χ2n) is 2.61. The van der Waals surface area contributed by atoms with Gasteiger partial charge in [-0.05, 0) is 57.1 Å². The first-order valence-electron chi connectivity index (χ1n) is 3.61. The molecule has 1 rings (SSSR count). The smallest absolute Gasteiger partial charge is 0.179 e. The maximum atomic E-state index is 11.4. The quantitative estimate of drug-likeness (QED) is 0.438. The van der Waals surface area contributed by atoms with Crippen LogP contribution < -0.4 is 0 Å². The summed E-state index contributed by atoms with van der Waals surface area (Å²) in [4.78, 5) is 11.4. The lowest BCUT2D eigenvalue weighted by molar-refractivity contribution is 0.101. The molecule has 0 heterocycles. The molecule has 0 atom stereocenters. The van der Waals surface area contributed by atoms with E-state index in [1.165, 1.54) is 0 Å². The summed E-state index contributed by atoms with van der Waals surface area (Å²) in [6.07, 6.45) is 0. The van der Waals surface area contributed by atoms with Crippen LogP contribution in [0.15, 0.2) is 16.6 Å². The van der Waals surface area contributed by atoms with Gasteiger partial charge in [-0.15, -0.1) is 11.6 Å². The minimum atomic E-state index is -0.0401. The Bertz CT molecular complexity index is 352. The summed E-state index contributed by atoms with van der Waals surface area (Å²) in [6.45, 7) is 1.95. The monoisotopic (exact) mass is 372 g/mol. The van der Waals surface area contributed by atoms with Crippen molar-refractivity contribution in [2.24, 2.45) is 0 Å². The standard InChI is InChI=1S/C9H7BrClIO/c1-5-2-3-6(12)8(9(5)10)7(13)4-11/h2-3H,4H2,1H3. The molecule has 0 aromatic heterocycles. The van der Waals surface area contributed by atoms with Crippen LogP contribution >= 0.6 is 50.1 Å². The van der Waals surface area contributed by atoms with Gasteiger partial charge in [0.1, 0.15) is 0 Å². The highest BCUT2D eigenvalue weighted by Crippen LogP contribution is 2.26. The third kappa shape index (κ3) is 2.44. The van der Waals surface area contributed by atoms with E-state index in [4.69, 9.17) is 11.6 Å². The molecule has 1 aromatic rings. The highest BCUT2D eigenvalue weighted by Gasteiger charge is 2.14. The molecule has 4 heteroatoms. The first-order valence-corrected chi connectivity index (χ1v) is 6.02. The fraction of sp³-hybridized carbons (Fsp3) is 0.222. The van der Waals surface area contributed by atoms with Crippen molar-refractivity contribution < 1.29 is 4.79 Å². The van der Waals surface area contributed by atoms with Crippen LogP contribution in [0.2, 0.25) is 0 Å². The molecule has 0 aliphatic carbocycles. The lowest BCUT2D eigenvalue weighted by Gasteiger charge is -2.06. The predicted molar refractivity (Wildman–Crippen MR) is 66.6 cm³/mol. The van der Waals surface area contributed by atoms with Crippen LogP contribution in [0.1, 0.15) is 15.9 Å². The number of halogens is 3. The number of carbonyl (C=O) groups is 1. The Kier molecular flexibility index (Phi) is 4.19. The summed E-state index contributed by atoms with van der Waals surface area (Å²) in [5.41, 5.74) is 1.74. The zero-order chi connectivity index (χ0) is 10.0. The Morgan fingerprint density at radius 1 is 1.62 bits per heavy atom. The molecule has 13 heavy (non-hydrogen) atoms. The van der Waals surface area contributed by atoms with E-state index < -0.39 is 0 Å². The maximum absolute atomic E-state index is 11.4. The average Bonchev–Trinajstić information content (AvgIpc) is 2.12. The van der Waals surface area contributed by atoms with Crippen molar-refractivity contribution in [3.63, 3.8) is 0 Å². The summed E-state index contributed by atoms with van der Waals surface area (Å²) >= 11 is 11.0. The molecule has 0 radical (unpaired) electrons. The number of ketones is 1. The molecule has 0 bridgehead atoms. The summed E-state index contributed by atoms with van der Waals surface area (Å²) in [6, 6.07) is 3.89. The molecule has 70 valence electrons. The Morgan fingerprint density at radius 3 is 2.77 bits per heavy atom. The Morgan fingerprint density at radius 2 is 2.23 bits per heavy atom. The average molecular weight is 373 g/mol. The van der Waals surface area contributed by atoms with Crippen molar-refractivity contribution in [3.8, 4) is 0 Å². The molecule has 0 saturated heterocycles. The van der Waals surface area contributed by atoms with Crippen molar-refractivity contribution in [1.82, 2.24) is 0 Å². The summed E-state index contributed by atoms with van der Waals surface area (Å²) in [5.74, 6) is -0.0143. The lowest BCUT2D eigenvalue weighted by Crippen LogP contribution is -2.05. The molecule has 0 fully saturated rings. The molecular formula is C9H7BrClIO. The highest BCUT2D eigenvalue weighted by molar-refractivity contribution is 14.1. The number of Topliss-reactive ketones (excluding diaryl/α,β-unsaturated/α-hetero) is 1.